The van der Waals surface area contributed by atoms with Crippen LogP contribution < -0.4 is 10.0 Å². The molecule has 0 atom stereocenters. The Kier molecular flexibility index (Phi) is 4.38. The van der Waals surface area contributed by atoms with Gasteiger partial charge in [0.2, 0.25) is 10.0 Å². The largest absolute Gasteiger partial charge is 0.444 e. The van der Waals surface area contributed by atoms with E-state index in [0.29, 0.717) is 15.9 Å². The lowest BCUT2D eigenvalue weighted by molar-refractivity contribution is 0.0994. The number of hydrogen-bond donors (Lipinski definition) is 2. The van der Waals surface area contributed by atoms with Crippen molar-refractivity contribution < 1.29 is 17.6 Å². The molecule has 8 heteroatoms. The number of halogens is 1. The highest BCUT2D eigenvalue weighted by Crippen LogP contribution is 2.25. The van der Waals surface area contributed by atoms with Crippen molar-refractivity contribution in [3.8, 4) is 0 Å². The molecule has 2 aromatic rings. The SMILES string of the molecule is Cc1cc(Br)oc1C(=O)Nc1ccccc1NS(C)(=O)=O. The zero-order valence-corrected chi connectivity index (χ0v) is 13.7. The van der Waals surface area contributed by atoms with Crippen LogP contribution in [0.1, 0.15) is 16.1 Å². The summed E-state index contributed by atoms with van der Waals surface area (Å²) in [5, 5.41) is 2.62. The lowest BCUT2D eigenvalue weighted by atomic mass is 10.2. The summed E-state index contributed by atoms with van der Waals surface area (Å²) in [4.78, 5) is 12.2. The lowest BCUT2D eigenvalue weighted by Crippen LogP contribution is -2.16. The van der Waals surface area contributed by atoms with Gasteiger partial charge in [0.1, 0.15) is 0 Å². The van der Waals surface area contributed by atoms with Crippen molar-refractivity contribution in [2.45, 2.75) is 6.92 Å². The number of nitrogens with one attached hydrogen (secondary N) is 2. The van der Waals surface area contributed by atoms with E-state index >= 15 is 0 Å². The molecule has 2 N–H and O–H groups in total. The van der Waals surface area contributed by atoms with Crippen molar-refractivity contribution in [1.82, 2.24) is 0 Å². The lowest BCUT2D eigenvalue weighted by Gasteiger charge is -2.11. The van der Waals surface area contributed by atoms with Gasteiger partial charge < -0.3 is 9.73 Å². The van der Waals surface area contributed by atoms with Crippen molar-refractivity contribution in [1.29, 1.82) is 0 Å². The fourth-order valence-corrected chi connectivity index (χ4v) is 2.81. The highest BCUT2D eigenvalue weighted by atomic mass is 79.9. The number of furan rings is 1. The van der Waals surface area contributed by atoms with Gasteiger partial charge in [-0.3, -0.25) is 9.52 Å². The molecule has 1 amide bonds. The molecule has 0 aliphatic rings. The molecule has 2 rings (SSSR count). The molecule has 0 radical (unpaired) electrons. The number of rotatable bonds is 4. The molecule has 0 bridgehead atoms. The Morgan fingerprint density at radius 3 is 2.38 bits per heavy atom. The van der Waals surface area contributed by atoms with E-state index in [2.05, 4.69) is 26.0 Å². The summed E-state index contributed by atoms with van der Waals surface area (Å²) in [6, 6.07) is 8.18. The molecule has 112 valence electrons. The molecule has 0 saturated heterocycles. The number of aryl methyl sites for hydroxylation is 1. The number of hydrogen-bond acceptors (Lipinski definition) is 4. The Hall–Kier alpha value is -1.80. The minimum Gasteiger partial charge on any atom is -0.444 e. The number of sulfonamides is 1. The summed E-state index contributed by atoms with van der Waals surface area (Å²) >= 11 is 3.15. The van der Waals surface area contributed by atoms with E-state index in [0.717, 1.165) is 6.26 Å². The Bertz CT molecular complexity index is 783. The van der Waals surface area contributed by atoms with Crippen LogP contribution in [-0.2, 0) is 10.0 Å². The molecule has 0 aliphatic carbocycles. The van der Waals surface area contributed by atoms with Gasteiger partial charge in [-0.1, -0.05) is 12.1 Å². The first-order chi connectivity index (χ1) is 9.76. The normalized spacial score (nSPS) is 11.2. The second-order valence-electron chi connectivity index (χ2n) is 4.44. The van der Waals surface area contributed by atoms with Crippen LogP contribution in [-0.4, -0.2) is 20.6 Å². The van der Waals surface area contributed by atoms with Crippen molar-refractivity contribution >= 4 is 43.2 Å². The van der Waals surface area contributed by atoms with Gasteiger partial charge >= 0.3 is 0 Å². The second-order valence-corrected chi connectivity index (χ2v) is 6.97. The van der Waals surface area contributed by atoms with Crippen molar-refractivity contribution in [3.05, 3.63) is 46.3 Å². The third-order valence-electron chi connectivity index (χ3n) is 2.56. The molecule has 0 saturated carbocycles. The van der Waals surface area contributed by atoms with Crippen molar-refractivity contribution in [3.63, 3.8) is 0 Å². The number of amides is 1. The molecular weight excluding hydrogens is 360 g/mol. The van der Waals surface area contributed by atoms with Crippen molar-refractivity contribution in [2.75, 3.05) is 16.3 Å². The first-order valence-electron chi connectivity index (χ1n) is 5.90. The minimum atomic E-state index is -3.44. The highest BCUT2D eigenvalue weighted by molar-refractivity contribution is 9.10. The molecule has 1 aromatic heterocycles. The maximum atomic E-state index is 12.2. The first-order valence-corrected chi connectivity index (χ1v) is 8.59. The maximum Gasteiger partial charge on any atom is 0.291 e. The van der Waals surface area contributed by atoms with Crippen LogP contribution in [0.3, 0.4) is 0 Å². The number of carbonyl (C=O) groups is 1. The van der Waals surface area contributed by atoms with Crippen LogP contribution in [0.4, 0.5) is 11.4 Å². The first kappa shape index (κ1) is 15.6. The van der Waals surface area contributed by atoms with E-state index in [4.69, 9.17) is 4.42 Å². The predicted octanol–water partition coefficient (Wildman–Crippen LogP) is 2.97. The molecule has 6 nitrogen and oxygen atoms in total. The quantitative estimate of drug-likeness (QED) is 0.863. The molecule has 21 heavy (non-hydrogen) atoms. The van der Waals surface area contributed by atoms with E-state index in [-0.39, 0.29) is 11.4 Å². The molecule has 0 spiro atoms. The Morgan fingerprint density at radius 1 is 1.24 bits per heavy atom. The van der Waals surface area contributed by atoms with Gasteiger partial charge in [-0.15, -0.1) is 0 Å². The average Bonchev–Trinajstić information content (AvgIpc) is 2.69. The van der Waals surface area contributed by atoms with Crippen molar-refractivity contribution in [2.24, 2.45) is 0 Å². The molecule has 0 aliphatic heterocycles. The van der Waals surface area contributed by atoms with Crippen LogP contribution in [0.15, 0.2) is 39.4 Å². The third kappa shape index (κ3) is 4.08. The van der Waals surface area contributed by atoms with Gasteiger partial charge in [0.15, 0.2) is 10.4 Å². The standard InChI is InChI=1S/C13H13BrN2O4S/c1-8-7-11(14)20-12(8)13(17)15-9-5-3-4-6-10(9)16-21(2,18)19/h3-7,16H,1-2H3,(H,15,17). The number of benzene rings is 1. The van der Waals surface area contributed by atoms with Gasteiger partial charge in [0.05, 0.1) is 17.6 Å². The zero-order chi connectivity index (χ0) is 15.6. The van der Waals surface area contributed by atoms with Gasteiger partial charge in [-0.25, -0.2) is 8.42 Å². The maximum absolute atomic E-state index is 12.2. The zero-order valence-electron chi connectivity index (χ0n) is 11.3. The van der Waals surface area contributed by atoms with Crippen LogP contribution in [0.2, 0.25) is 0 Å². The van der Waals surface area contributed by atoms with E-state index in [1.165, 1.54) is 0 Å². The van der Waals surface area contributed by atoms with Gasteiger partial charge in [0.25, 0.3) is 5.91 Å². The molecular formula is C13H13BrN2O4S. The molecule has 0 fully saturated rings. The van der Waals surface area contributed by atoms with Crippen LogP contribution in [0, 0.1) is 6.92 Å². The van der Waals surface area contributed by atoms with Gasteiger partial charge in [-0.05, 0) is 41.1 Å². The van der Waals surface area contributed by atoms with Gasteiger partial charge in [0, 0.05) is 5.56 Å². The van der Waals surface area contributed by atoms with Crippen LogP contribution in [0.5, 0.6) is 0 Å². The number of para-hydroxylation sites is 2. The Morgan fingerprint density at radius 2 is 1.86 bits per heavy atom. The number of carbonyl (C=O) groups excluding carboxylic acids is 1. The summed E-state index contributed by atoms with van der Waals surface area (Å²) in [7, 11) is -3.44. The van der Waals surface area contributed by atoms with Crippen LogP contribution in [0.25, 0.3) is 0 Å². The summed E-state index contributed by atoms with van der Waals surface area (Å²) in [6.45, 7) is 1.74. The molecule has 1 heterocycles. The summed E-state index contributed by atoms with van der Waals surface area (Å²) in [5.74, 6) is -0.294. The molecule has 1 aromatic carbocycles. The molecule has 0 unspecified atom stereocenters. The third-order valence-corrected chi connectivity index (χ3v) is 3.55. The topological polar surface area (TPSA) is 88.4 Å². The second kappa shape index (κ2) is 5.90. The monoisotopic (exact) mass is 372 g/mol. The summed E-state index contributed by atoms with van der Waals surface area (Å²) < 4.78 is 30.7. The van der Waals surface area contributed by atoms with Gasteiger partial charge in [-0.2, -0.15) is 0 Å². The Labute approximate surface area is 130 Å². The van der Waals surface area contributed by atoms with E-state index < -0.39 is 15.9 Å². The van der Waals surface area contributed by atoms with E-state index in [1.807, 2.05) is 0 Å². The summed E-state index contributed by atoms with van der Waals surface area (Å²) in [5.41, 5.74) is 1.31. The fourth-order valence-electron chi connectivity index (χ4n) is 1.73. The summed E-state index contributed by atoms with van der Waals surface area (Å²) in [6.07, 6.45) is 1.04. The fraction of sp³-hybridized carbons (Fsp3) is 0.154. The van der Waals surface area contributed by atoms with E-state index in [1.54, 1.807) is 37.3 Å². The smallest absolute Gasteiger partial charge is 0.291 e. The highest BCUT2D eigenvalue weighted by Gasteiger charge is 2.17. The predicted molar refractivity (Wildman–Crippen MR) is 84.0 cm³/mol. The Balaban J connectivity index is 2.28. The average molecular weight is 373 g/mol. The van der Waals surface area contributed by atoms with E-state index in [9.17, 15) is 13.2 Å². The van der Waals surface area contributed by atoms with Crippen LogP contribution >= 0.6 is 15.9 Å². The number of anilines is 2. The minimum absolute atomic E-state index is 0.163.